The Hall–Kier alpha value is -3.20. The maximum Gasteiger partial charge on any atom is 0.143 e. The third kappa shape index (κ3) is 3.68. The predicted octanol–water partition coefficient (Wildman–Crippen LogP) is 4.36. The molecule has 1 heterocycles. The minimum Gasteiger partial charge on any atom is -0.497 e. The van der Waals surface area contributed by atoms with E-state index in [-0.39, 0.29) is 0 Å². The van der Waals surface area contributed by atoms with E-state index in [1.807, 2.05) is 18.2 Å². The van der Waals surface area contributed by atoms with Crippen molar-refractivity contribution in [1.29, 1.82) is 0 Å². The number of hydrogen-bond acceptors (Lipinski definition) is 2. The summed E-state index contributed by atoms with van der Waals surface area (Å²) in [5, 5.41) is 2.45. The lowest BCUT2D eigenvalue weighted by atomic mass is 9.85. The van der Waals surface area contributed by atoms with Gasteiger partial charge in [-0.2, -0.15) is 0 Å². The van der Waals surface area contributed by atoms with Crippen molar-refractivity contribution in [2.24, 2.45) is 0 Å². The summed E-state index contributed by atoms with van der Waals surface area (Å²) in [6.07, 6.45) is 11.3. The molecule has 0 saturated heterocycles. The van der Waals surface area contributed by atoms with E-state index in [1.165, 1.54) is 34.0 Å². The SMILES string of the molecule is COc1ccc(CC2C=CC(OCc3ccccc3)=c3[nH]c4c(c32)CCCC=4)cc1. The van der Waals surface area contributed by atoms with Crippen LogP contribution in [0.3, 0.4) is 0 Å². The zero-order valence-electron chi connectivity index (χ0n) is 17.4. The summed E-state index contributed by atoms with van der Waals surface area (Å²) in [5.41, 5.74) is 5.39. The average molecular weight is 398 g/mol. The van der Waals surface area contributed by atoms with Gasteiger partial charge in [0.1, 0.15) is 18.1 Å². The van der Waals surface area contributed by atoms with E-state index >= 15 is 0 Å². The van der Waals surface area contributed by atoms with E-state index in [4.69, 9.17) is 9.47 Å². The van der Waals surface area contributed by atoms with Gasteiger partial charge >= 0.3 is 0 Å². The van der Waals surface area contributed by atoms with Crippen molar-refractivity contribution in [3.63, 3.8) is 0 Å². The van der Waals surface area contributed by atoms with Crippen molar-refractivity contribution in [2.75, 3.05) is 7.11 Å². The van der Waals surface area contributed by atoms with E-state index in [0.717, 1.165) is 36.1 Å². The third-order valence-corrected chi connectivity index (χ3v) is 6.11. The lowest BCUT2D eigenvalue weighted by Gasteiger charge is -2.20. The molecule has 0 aliphatic heterocycles. The Morgan fingerprint density at radius 2 is 1.83 bits per heavy atom. The molecule has 0 fully saturated rings. The summed E-state index contributed by atoms with van der Waals surface area (Å²) in [4.78, 5) is 3.69. The first-order chi connectivity index (χ1) is 14.8. The standard InChI is InChI=1S/C27H27NO2/c1-29-22-14-11-19(12-15-22)17-21-13-16-25(30-18-20-7-3-2-4-8-20)27-26(21)23-9-5-6-10-24(23)28-27/h2-4,7-8,10-16,21,28H,5-6,9,17-18H2,1H3. The zero-order chi connectivity index (χ0) is 20.3. The number of hydrogen-bond donors (Lipinski definition) is 1. The molecule has 1 N–H and O–H groups in total. The maximum atomic E-state index is 6.27. The van der Waals surface area contributed by atoms with Crippen LogP contribution in [0.15, 0.2) is 66.7 Å². The summed E-state index contributed by atoms with van der Waals surface area (Å²) in [7, 11) is 1.71. The summed E-state index contributed by atoms with van der Waals surface area (Å²) < 4.78 is 11.6. The number of aromatic amines is 1. The van der Waals surface area contributed by atoms with E-state index in [1.54, 1.807) is 7.11 Å². The zero-order valence-corrected chi connectivity index (χ0v) is 17.4. The van der Waals surface area contributed by atoms with Crippen molar-refractivity contribution >= 4 is 11.8 Å². The second-order valence-electron chi connectivity index (χ2n) is 8.06. The molecule has 1 unspecified atom stereocenters. The minimum atomic E-state index is 0.351. The monoisotopic (exact) mass is 397 g/mol. The lowest BCUT2D eigenvalue weighted by molar-refractivity contribution is 0.262. The van der Waals surface area contributed by atoms with Gasteiger partial charge in [0, 0.05) is 11.3 Å². The van der Waals surface area contributed by atoms with Crippen molar-refractivity contribution in [3.05, 3.63) is 99.7 Å². The molecule has 30 heavy (non-hydrogen) atoms. The highest BCUT2D eigenvalue weighted by atomic mass is 16.5. The molecule has 5 rings (SSSR count). The topological polar surface area (TPSA) is 34.2 Å². The Balaban J connectivity index is 1.50. The molecule has 152 valence electrons. The number of ether oxygens (including phenoxy) is 2. The Morgan fingerprint density at radius 1 is 1.00 bits per heavy atom. The predicted molar refractivity (Wildman–Crippen MR) is 121 cm³/mol. The fourth-order valence-corrected chi connectivity index (χ4v) is 4.57. The second-order valence-corrected chi connectivity index (χ2v) is 8.06. The van der Waals surface area contributed by atoms with Gasteiger partial charge in [0.05, 0.1) is 12.5 Å². The van der Waals surface area contributed by atoms with Gasteiger partial charge in [0.2, 0.25) is 0 Å². The van der Waals surface area contributed by atoms with Gasteiger partial charge in [-0.1, -0.05) is 54.6 Å². The van der Waals surface area contributed by atoms with Crippen LogP contribution in [0.4, 0.5) is 0 Å². The quantitative estimate of drug-likeness (QED) is 0.671. The smallest absolute Gasteiger partial charge is 0.143 e. The van der Waals surface area contributed by atoms with Crippen LogP contribution < -0.4 is 15.4 Å². The highest BCUT2D eigenvalue weighted by Crippen LogP contribution is 2.28. The molecule has 2 aliphatic carbocycles. The van der Waals surface area contributed by atoms with Crippen LogP contribution >= 0.6 is 0 Å². The van der Waals surface area contributed by atoms with Gasteiger partial charge in [0.15, 0.2) is 0 Å². The lowest BCUT2D eigenvalue weighted by Crippen LogP contribution is -2.22. The molecule has 0 saturated carbocycles. The van der Waals surface area contributed by atoms with Crippen molar-refractivity contribution in [2.45, 2.75) is 38.2 Å². The number of benzene rings is 2. The minimum absolute atomic E-state index is 0.351. The fraction of sp³-hybridized carbons (Fsp3) is 0.259. The Kier molecular flexibility index (Phi) is 5.18. The van der Waals surface area contributed by atoms with Gasteiger partial charge in [0.25, 0.3) is 0 Å². The second kappa shape index (κ2) is 8.27. The van der Waals surface area contributed by atoms with Crippen LogP contribution in [0.2, 0.25) is 0 Å². The molecular formula is C27H27NO2. The molecule has 2 aromatic carbocycles. The van der Waals surface area contributed by atoms with Gasteiger partial charge < -0.3 is 14.5 Å². The molecule has 0 amide bonds. The summed E-state index contributed by atoms with van der Waals surface area (Å²) in [6.45, 7) is 0.580. The number of aromatic nitrogens is 1. The highest BCUT2D eigenvalue weighted by Gasteiger charge is 2.24. The van der Waals surface area contributed by atoms with Gasteiger partial charge in [-0.05, 0) is 66.1 Å². The van der Waals surface area contributed by atoms with Crippen LogP contribution in [-0.2, 0) is 24.2 Å². The number of rotatable bonds is 6. The van der Waals surface area contributed by atoms with Gasteiger partial charge in [-0.15, -0.1) is 0 Å². The molecule has 3 heteroatoms. The first-order valence-corrected chi connectivity index (χ1v) is 10.7. The normalized spacial score (nSPS) is 17.1. The molecule has 0 spiro atoms. The number of allylic oxidation sites excluding steroid dienone is 1. The van der Waals surface area contributed by atoms with E-state index < -0.39 is 0 Å². The Labute approximate surface area is 177 Å². The number of nitrogens with one attached hydrogen (secondary N) is 1. The number of fused-ring (bicyclic) bond motifs is 3. The van der Waals surface area contributed by atoms with Crippen molar-refractivity contribution in [3.8, 4) is 5.75 Å². The fourth-order valence-electron chi connectivity index (χ4n) is 4.57. The summed E-state index contributed by atoms with van der Waals surface area (Å²) in [6, 6.07) is 18.8. The van der Waals surface area contributed by atoms with Gasteiger partial charge in [-0.3, -0.25) is 0 Å². The largest absolute Gasteiger partial charge is 0.497 e. The van der Waals surface area contributed by atoms with Crippen LogP contribution in [0, 0.1) is 0 Å². The van der Waals surface area contributed by atoms with E-state index in [2.05, 4.69) is 59.6 Å². The average Bonchev–Trinajstić information content (AvgIpc) is 3.20. The van der Waals surface area contributed by atoms with Crippen LogP contribution in [0.1, 0.15) is 41.0 Å². The first kappa shape index (κ1) is 18.8. The number of H-pyrrole nitrogens is 1. The molecule has 3 nitrogen and oxygen atoms in total. The van der Waals surface area contributed by atoms with E-state index in [0.29, 0.717) is 12.5 Å². The Morgan fingerprint density at radius 3 is 2.63 bits per heavy atom. The van der Waals surface area contributed by atoms with Crippen molar-refractivity contribution in [1.82, 2.24) is 4.98 Å². The molecule has 0 radical (unpaired) electrons. The molecule has 2 aliphatic rings. The van der Waals surface area contributed by atoms with Gasteiger partial charge in [-0.25, -0.2) is 0 Å². The molecule has 3 aromatic rings. The van der Waals surface area contributed by atoms with Crippen LogP contribution in [-0.4, -0.2) is 12.1 Å². The molecule has 1 aromatic heterocycles. The van der Waals surface area contributed by atoms with E-state index in [9.17, 15) is 0 Å². The number of methoxy groups -OCH3 is 1. The Bertz CT molecular complexity index is 1170. The highest BCUT2D eigenvalue weighted by molar-refractivity contribution is 5.58. The van der Waals surface area contributed by atoms with Crippen LogP contribution in [0.25, 0.3) is 11.8 Å². The third-order valence-electron chi connectivity index (χ3n) is 6.11. The molecular weight excluding hydrogens is 370 g/mol. The maximum absolute atomic E-state index is 6.27. The van der Waals surface area contributed by atoms with Crippen molar-refractivity contribution < 1.29 is 9.47 Å². The summed E-state index contributed by atoms with van der Waals surface area (Å²) >= 11 is 0. The molecule has 1 atom stereocenters. The van der Waals surface area contributed by atoms with Crippen LogP contribution in [0.5, 0.6) is 5.75 Å². The molecule has 0 bridgehead atoms. The summed E-state index contributed by atoms with van der Waals surface area (Å²) in [5.74, 6) is 2.20. The first-order valence-electron chi connectivity index (χ1n) is 10.7.